The Morgan fingerprint density at radius 3 is 1.86 bits per heavy atom. The van der Waals surface area contributed by atoms with Crippen LogP contribution >= 0.6 is 0 Å². The van der Waals surface area contributed by atoms with Crippen molar-refractivity contribution in [3.63, 3.8) is 0 Å². The molecule has 0 radical (unpaired) electrons. The SMILES string of the molecule is CC(=Nc1c(C)cc(C)cc1C)c1ccccn1.CC(C)(C)c1cc([O-])c([O-])c(C(C)(C)C)c1.[Ni+2]. The van der Waals surface area contributed by atoms with Gasteiger partial charge in [0.2, 0.25) is 0 Å². The molecule has 0 aliphatic heterocycles. The van der Waals surface area contributed by atoms with Crippen LogP contribution in [0.3, 0.4) is 0 Å². The summed E-state index contributed by atoms with van der Waals surface area (Å²) in [5.41, 5.74) is 7.80. The number of hydrogen-bond donors (Lipinski definition) is 0. The van der Waals surface area contributed by atoms with E-state index < -0.39 is 5.75 Å². The quantitative estimate of drug-likeness (QED) is 0.285. The first-order valence-corrected chi connectivity index (χ1v) is 11.7. The van der Waals surface area contributed by atoms with E-state index in [2.05, 4.69) is 37.9 Å². The maximum atomic E-state index is 11.8. The van der Waals surface area contributed by atoms with Gasteiger partial charge in [0, 0.05) is 6.20 Å². The molecule has 4 nitrogen and oxygen atoms in total. The fourth-order valence-corrected chi connectivity index (χ4v) is 3.74. The number of aryl methyl sites for hydroxylation is 3. The molecule has 3 rings (SSSR count). The summed E-state index contributed by atoms with van der Waals surface area (Å²) in [6.45, 7) is 20.3. The molecule has 0 unspecified atom stereocenters. The van der Waals surface area contributed by atoms with Gasteiger partial charge in [0.05, 0.1) is 17.1 Å². The number of pyridine rings is 1. The maximum absolute atomic E-state index is 11.8. The van der Waals surface area contributed by atoms with E-state index in [1.54, 1.807) is 6.20 Å². The molecule has 0 aliphatic rings. The second-order valence-corrected chi connectivity index (χ2v) is 11.0. The largest absolute Gasteiger partial charge is 2.00 e. The summed E-state index contributed by atoms with van der Waals surface area (Å²) >= 11 is 0. The first-order valence-electron chi connectivity index (χ1n) is 11.7. The Balaban J connectivity index is 0.000000343. The number of hydrogen-bond acceptors (Lipinski definition) is 4. The number of benzene rings is 2. The summed E-state index contributed by atoms with van der Waals surface area (Å²) in [5, 5.41) is 23.4. The zero-order valence-corrected chi connectivity index (χ0v) is 23.6. The van der Waals surface area contributed by atoms with Crippen LogP contribution in [0.1, 0.15) is 82.0 Å². The third kappa shape index (κ3) is 8.21. The summed E-state index contributed by atoms with van der Waals surface area (Å²) in [4.78, 5) is 9.04. The van der Waals surface area contributed by atoms with Gasteiger partial charge in [-0.25, -0.2) is 0 Å². The van der Waals surface area contributed by atoms with Gasteiger partial charge < -0.3 is 10.2 Å². The number of rotatable bonds is 2. The molecule has 190 valence electrons. The van der Waals surface area contributed by atoms with E-state index in [0.29, 0.717) is 5.56 Å². The molecule has 0 N–H and O–H groups in total. The van der Waals surface area contributed by atoms with Crippen LogP contribution in [0, 0.1) is 20.8 Å². The van der Waals surface area contributed by atoms with Crippen LogP contribution in [0.15, 0.2) is 53.7 Å². The van der Waals surface area contributed by atoms with E-state index in [9.17, 15) is 10.2 Å². The average molecular weight is 517 g/mol. The summed E-state index contributed by atoms with van der Waals surface area (Å²) in [6, 6.07) is 13.6. The Morgan fingerprint density at radius 1 is 0.829 bits per heavy atom. The van der Waals surface area contributed by atoms with E-state index >= 15 is 0 Å². The van der Waals surface area contributed by atoms with E-state index in [1.165, 1.54) is 22.8 Å². The molecular weight excluding hydrogens is 479 g/mol. The molecule has 0 atom stereocenters. The molecule has 0 saturated carbocycles. The van der Waals surface area contributed by atoms with Crippen LogP contribution in [0.4, 0.5) is 5.69 Å². The smallest absolute Gasteiger partial charge is 0.873 e. The fraction of sp³-hybridized carbons (Fsp3) is 0.400. The van der Waals surface area contributed by atoms with Gasteiger partial charge in [0.15, 0.2) is 0 Å². The van der Waals surface area contributed by atoms with Crippen LogP contribution in [-0.2, 0) is 27.3 Å². The summed E-state index contributed by atoms with van der Waals surface area (Å²) < 4.78 is 0. The predicted molar refractivity (Wildman–Crippen MR) is 139 cm³/mol. The van der Waals surface area contributed by atoms with E-state index in [4.69, 9.17) is 4.99 Å². The normalized spacial score (nSPS) is 11.9. The molecule has 0 amide bonds. The van der Waals surface area contributed by atoms with Gasteiger partial charge in [0.25, 0.3) is 0 Å². The van der Waals surface area contributed by atoms with Crippen molar-refractivity contribution in [3.05, 3.63) is 82.2 Å². The van der Waals surface area contributed by atoms with Crippen molar-refractivity contribution in [3.8, 4) is 11.5 Å². The second-order valence-electron chi connectivity index (χ2n) is 11.0. The Hall–Kier alpha value is -2.65. The first-order chi connectivity index (χ1) is 15.6. The number of aliphatic imine (C=N–C) groups is 1. The molecule has 0 fully saturated rings. The van der Waals surface area contributed by atoms with Crippen molar-refractivity contribution in [1.82, 2.24) is 4.98 Å². The van der Waals surface area contributed by atoms with Crippen molar-refractivity contribution in [2.75, 3.05) is 0 Å². The third-order valence-electron chi connectivity index (χ3n) is 5.68. The molecule has 1 heterocycles. The standard InChI is InChI=1S/C16H18N2.C14H22O2.Ni/c1-11-9-12(2)16(13(3)10-11)18-14(4)15-7-5-6-8-17-15;1-13(2,3)9-7-10(14(4,5)6)12(16)11(15)8-9;/h5-10H,1-4H3;7-8,15-16H,1-6H3;/q;;+2/p-2. The number of nitrogens with zero attached hydrogens (tertiary/aromatic N) is 2. The third-order valence-corrected chi connectivity index (χ3v) is 5.68. The molecular formula is C30H38N2NiO2. The molecule has 0 aliphatic carbocycles. The molecule has 1 aromatic heterocycles. The Bertz CT molecular complexity index is 1150. The predicted octanol–water partition coefficient (Wildman–Crippen LogP) is 6.57. The number of aromatic nitrogens is 1. The van der Waals surface area contributed by atoms with Crippen molar-refractivity contribution in [2.45, 2.75) is 80.1 Å². The van der Waals surface area contributed by atoms with Gasteiger partial charge in [-0.15, -0.1) is 11.5 Å². The van der Waals surface area contributed by atoms with Gasteiger partial charge in [-0.3, -0.25) is 9.98 Å². The molecule has 2 aromatic carbocycles. The topological polar surface area (TPSA) is 71.4 Å². The van der Waals surface area contributed by atoms with Crippen molar-refractivity contribution in [1.29, 1.82) is 0 Å². The Labute approximate surface area is 221 Å². The van der Waals surface area contributed by atoms with Crippen LogP contribution in [-0.4, -0.2) is 10.7 Å². The molecule has 3 aromatic rings. The van der Waals surface area contributed by atoms with Gasteiger partial charge in [-0.05, 0) is 67.3 Å². The zero-order valence-electron chi connectivity index (χ0n) is 22.6. The first kappa shape index (κ1) is 30.4. The molecule has 0 bridgehead atoms. The van der Waals surface area contributed by atoms with Crippen LogP contribution in [0.5, 0.6) is 11.5 Å². The van der Waals surface area contributed by atoms with Gasteiger partial charge >= 0.3 is 16.5 Å². The molecule has 0 saturated heterocycles. The molecule has 5 heteroatoms. The second kappa shape index (κ2) is 11.9. The Kier molecular flexibility index (Phi) is 10.3. The van der Waals surface area contributed by atoms with Gasteiger partial charge in [-0.1, -0.05) is 83.0 Å². The van der Waals surface area contributed by atoms with Crippen LogP contribution < -0.4 is 10.2 Å². The summed E-state index contributed by atoms with van der Waals surface area (Å²) in [5.74, 6) is -0.752. The fourth-order valence-electron chi connectivity index (χ4n) is 3.74. The Morgan fingerprint density at radius 2 is 1.40 bits per heavy atom. The van der Waals surface area contributed by atoms with E-state index in [-0.39, 0.29) is 33.1 Å². The van der Waals surface area contributed by atoms with Crippen molar-refractivity contribution >= 4 is 11.4 Å². The monoisotopic (exact) mass is 516 g/mol. The molecule has 35 heavy (non-hydrogen) atoms. The zero-order chi connectivity index (χ0) is 25.8. The van der Waals surface area contributed by atoms with Gasteiger partial charge in [0.1, 0.15) is 0 Å². The average Bonchev–Trinajstić information content (AvgIpc) is 2.72. The van der Waals surface area contributed by atoms with Gasteiger partial charge in [-0.2, -0.15) is 0 Å². The van der Waals surface area contributed by atoms with E-state index in [0.717, 1.165) is 22.7 Å². The van der Waals surface area contributed by atoms with Crippen LogP contribution in [0.2, 0.25) is 0 Å². The minimum atomic E-state index is -0.391. The minimum absolute atomic E-state index is 0. The molecule has 0 spiro atoms. The van der Waals surface area contributed by atoms with E-state index in [1.807, 2.05) is 72.7 Å². The van der Waals surface area contributed by atoms with Crippen molar-refractivity contribution < 1.29 is 26.7 Å². The van der Waals surface area contributed by atoms with Crippen LogP contribution in [0.25, 0.3) is 0 Å². The van der Waals surface area contributed by atoms with Crippen molar-refractivity contribution in [2.24, 2.45) is 4.99 Å². The summed E-state index contributed by atoms with van der Waals surface area (Å²) in [7, 11) is 0. The summed E-state index contributed by atoms with van der Waals surface area (Å²) in [6.07, 6.45) is 1.79. The minimum Gasteiger partial charge on any atom is -0.873 e. The maximum Gasteiger partial charge on any atom is 2.00 e.